The molecule has 0 aliphatic carbocycles. The maximum atomic E-state index is 11.3. The van der Waals surface area contributed by atoms with Gasteiger partial charge in [0, 0.05) is 19.5 Å². The van der Waals surface area contributed by atoms with E-state index in [4.69, 9.17) is 5.73 Å². The largest absolute Gasteiger partial charge is 0.370 e. The van der Waals surface area contributed by atoms with Gasteiger partial charge in [0.15, 0.2) is 0 Å². The van der Waals surface area contributed by atoms with Gasteiger partial charge in [0.2, 0.25) is 11.8 Å². The van der Waals surface area contributed by atoms with E-state index in [1.54, 1.807) is 4.90 Å². The summed E-state index contributed by atoms with van der Waals surface area (Å²) < 4.78 is 0. The topological polar surface area (TPSA) is 63.4 Å². The van der Waals surface area contributed by atoms with Crippen molar-refractivity contribution in [2.75, 3.05) is 18.8 Å². The van der Waals surface area contributed by atoms with Crippen molar-refractivity contribution in [3.8, 4) is 0 Å². The third-order valence-corrected chi connectivity index (χ3v) is 2.86. The average Bonchev–Trinajstić information content (AvgIpc) is 2.17. The van der Waals surface area contributed by atoms with Crippen molar-refractivity contribution in [3.63, 3.8) is 0 Å². The number of nitrogens with zero attached hydrogens (tertiary/aromatic N) is 1. The van der Waals surface area contributed by atoms with Gasteiger partial charge in [-0.05, 0) is 18.8 Å². The van der Waals surface area contributed by atoms with E-state index in [0.29, 0.717) is 12.3 Å². The maximum Gasteiger partial charge on any atom is 0.232 e. The van der Waals surface area contributed by atoms with Gasteiger partial charge in [0.05, 0.1) is 5.75 Å². The van der Waals surface area contributed by atoms with E-state index in [1.165, 1.54) is 0 Å². The zero-order chi connectivity index (χ0) is 10.6. The molecule has 1 saturated heterocycles. The van der Waals surface area contributed by atoms with Crippen LogP contribution in [0, 0.1) is 5.92 Å². The van der Waals surface area contributed by atoms with E-state index < -0.39 is 0 Å². The number of carbonyl (C=O) groups excluding carboxylic acids is 2. The summed E-state index contributed by atoms with van der Waals surface area (Å²) >= 11 is 3.94. The van der Waals surface area contributed by atoms with E-state index in [2.05, 4.69) is 12.6 Å². The lowest BCUT2D eigenvalue weighted by molar-refractivity contribution is -0.129. The Morgan fingerprint density at radius 3 is 2.36 bits per heavy atom. The molecule has 0 aromatic carbocycles. The van der Waals surface area contributed by atoms with Gasteiger partial charge in [0.1, 0.15) is 0 Å². The fourth-order valence-electron chi connectivity index (χ4n) is 1.77. The Kier molecular flexibility index (Phi) is 4.25. The molecule has 0 aromatic heterocycles. The van der Waals surface area contributed by atoms with Crippen LogP contribution in [-0.4, -0.2) is 35.6 Å². The van der Waals surface area contributed by atoms with Gasteiger partial charge in [0.25, 0.3) is 0 Å². The average molecular weight is 216 g/mol. The van der Waals surface area contributed by atoms with Crippen molar-refractivity contribution >= 4 is 24.4 Å². The highest BCUT2D eigenvalue weighted by atomic mass is 32.1. The minimum atomic E-state index is -0.246. The number of carbonyl (C=O) groups is 2. The first kappa shape index (κ1) is 11.4. The second-order valence-corrected chi connectivity index (χ2v) is 3.97. The van der Waals surface area contributed by atoms with Crippen molar-refractivity contribution in [2.45, 2.75) is 19.3 Å². The summed E-state index contributed by atoms with van der Waals surface area (Å²) in [6.45, 7) is 1.47. The van der Waals surface area contributed by atoms with Crippen LogP contribution in [0.15, 0.2) is 0 Å². The molecule has 0 bridgehead atoms. The number of amides is 2. The van der Waals surface area contributed by atoms with Gasteiger partial charge >= 0.3 is 0 Å². The highest BCUT2D eigenvalue weighted by Crippen LogP contribution is 2.20. The van der Waals surface area contributed by atoms with Gasteiger partial charge in [-0.15, -0.1) is 0 Å². The number of nitrogens with two attached hydrogens (primary N) is 1. The van der Waals surface area contributed by atoms with Crippen LogP contribution in [0.25, 0.3) is 0 Å². The maximum absolute atomic E-state index is 11.3. The molecule has 1 aliphatic rings. The summed E-state index contributed by atoms with van der Waals surface area (Å²) in [4.78, 5) is 23.7. The molecule has 2 amide bonds. The second-order valence-electron chi connectivity index (χ2n) is 3.65. The number of piperidine rings is 1. The first-order valence-electron chi connectivity index (χ1n) is 4.80. The Labute approximate surface area is 89.2 Å². The predicted molar refractivity (Wildman–Crippen MR) is 57.0 cm³/mol. The molecule has 1 rings (SSSR count). The van der Waals surface area contributed by atoms with Gasteiger partial charge in [-0.2, -0.15) is 12.6 Å². The van der Waals surface area contributed by atoms with Crippen LogP contribution in [0.3, 0.4) is 0 Å². The first-order valence-corrected chi connectivity index (χ1v) is 5.43. The lowest BCUT2D eigenvalue weighted by Gasteiger charge is -2.31. The molecule has 80 valence electrons. The summed E-state index contributed by atoms with van der Waals surface area (Å²) in [5.41, 5.74) is 5.11. The molecule has 0 atom stereocenters. The van der Waals surface area contributed by atoms with Crippen LogP contribution in [0.2, 0.25) is 0 Å². The third kappa shape index (κ3) is 3.21. The molecular formula is C9H16N2O2S. The molecule has 1 aliphatic heterocycles. The highest BCUT2D eigenvalue weighted by molar-refractivity contribution is 7.81. The van der Waals surface area contributed by atoms with Crippen molar-refractivity contribution in [3.05, 3.63) is 0 Å². The summed E-state index contributed by atoms with van der Waals surface area (Å²) in [7, 11) is 0. The highest BCUT2D eigenvalue weighted by Gasteiger charge is 2.22. The molecule has 4 nitrogen and oxygen atoms in total. The molecule has 5 heteroatoms. The molecule has 1 heterocycles. The number of thiol groups is 1. The quantitative estimate of drug-likeness (QED) is 0.654. The number of hydrogen-bond acceptors (Lipinski definition) is 3. The van der Waals surface area contributed by atoms with Crippen LogP contribution in [0.4, 0.5) is 0 Å². The van der Waals surface area contributed by atoms with Crippen LogP contribution in [-0.2, 0) is 9.59 Å². The fraction of sp³-hybridized carbons (Fsp3) is 0.778. The molecular weight excluding hydrogens is 200 g/mol. The smallest absolute Gasteiger partial charge is 0.232 e. The Hall–Kier alpha value is -0.710. The lowest BCUT2D eigenvalue weighted by Crippen LogP contribution is -2.39. The zero-order valence-corrected chi connectivity index (χ0v) is 9.00. The van der Waals surface area contributed by atoms with E-state index in [9.17, 15) is 9.59 Å². The predicted octanol–water partition coefficient (Wildman–Crippen LogP) is 0.0302. The van der Waals surface area contributed by atoms with Crippen LogP contribution in [0.5, 0.6) is 0 Å². The summed E-state index contributed by atoms with van der Waals surface area (Å²) in [5.74, 6) is 0.451. The SMILES string of the molecule is NC(=O)CC1CCN(C(=O)CS)CC1. The Bertz CT molecular complexity index is 225. The summed E-state index contributed by atoms with van der Waals surface area (Å²) in [6, 6.07) is 0. The summed E-state index contributed by atoms with van der Waals surface area (Å²) in [6.07, 6.45) is 2.20. The van der Waals surface area contributed by atoms with Crippen molar-refractivity contribution in [1.29, 1.82) is 0 Å². The fourth-order valence-corrected chi connectivity index (χ4v) is 1.97. The molecule has 0 aromatic rings. The van der Waals surface area contributed by atoms with Crippen molar-refractivity contribution < 1.29 is 9.59 Å². The molecule has 0 radical (unpaired) electrons. The first-order chi connectivity index (χ1) is 6.63. The number of primary amides is 1. The van der Waals surface area contributed by atoms with Crippen LogP contribution < -0.4 is 5.73 Å². The van der Waals surface area contributed by atoms with Gasteiger partial charge in [-0.3, -0.25) is 9.59 Å². The van der Waals surface area contributed by atoms with E-state index in [-0.39, 0.29) is 17.6 Å². The molecule has 2 N–H and O–H groups in total. The van der Waals surface area contributed by atoms with Crippen LogP contribution >= 0.6 is 12.6 Å². The Morgan fingerprint density at radius 2 is 1.93 bits per heavy atom. The molecule has 0 unspecified atom stereocenters. The van der Waals surface area contributed by atoms with E-state index in [1.807, 2.05) is 0 Å². The minimum Gasteiger partial charge on any atom is -0.370 e. The standard InChI is InChI=1S/C9H16N2O2S/c10-8(12)5-7-1-3-11(4-2-7)9(13)6-14/h7,14H,1-6H2,(H2,10,12). The molecule has 0 spiro atoms. The zero-order valence-electron chi connectivity index (χ0n) is 8.11. The van der Waals surface area contributed by atoms with Gasteiger partial charge in [-0.25, -0.2) is 0 Å². The Balaban J connectivity index is 2.31. The van der Waals surface area contributed by atoms with Gasteiger partial charge < -0.3 is 10.6 Å². The van der Waals surface area contributed by atoms with Crippen LogP contribution in [0.1, 0.15) is 19.3 Å². The number of hydrogen-bond donors (Lipinski definition) is 2. The van der Waals surface area contributed by atoms with Gasteiger partial charge in [-0.1, -0.05) is 0 Å². The molecule has 1 fully saturated rings. The normalized spacial score (nSPS) is 18.2. The Morgan fingerprint density at radius 1 is 1.36 bits per heavy atom. The minimum absolute atomic E-state index is 0.0749. The second kappa shape index (κ2) is 5.24. The lowest BCUT2D eigenvalue weighted by atomic mass is 9.93. The summed E-state index contributed by atoms with van der Waals surface area (Å²) in [5, 5.41) is 0. The molecule has 0 saturated carbocycles. The third-order valence-electron chi connectivity index (χ3n) is 2.59. The molecule has 14 heavy (non-hydrogen) atoms. The number of rotatable bonds is 3. The number of likely N-dealkylation sites (tertiary alicyclic amines) is 1. The van der Waals surface area contributed by atoms with E-state index >= 15 is 0 Å². The van der Waals surface area contributed by atoms with Crippen molar-refractivity contribution in [2.24, 2.45) is 11.7 Å². The van der Waals surface area contributed by atoms with E-state index in [0.717, 1.165) is 25.9 Å². The monoisotopic (exact) mass is 216 g/mol. The van der Waals surface area contributed by atoms with Crippen molar-refractivity contribution in [1.82, 2.24) is 4.90 Å².